The first-order valence-electron chi connectivity index (χ1n) is 11.7. The summed E-state index contributed by atoms with van der Waals surface area (Å²) in [4.78, 5) is 27.0. The number of fused-ring (bicyclic) bond motifs is 1. The van der Waals surface area contributed by atoms with Crippen molar-refractivity contribution in [3.05, 3.63) is 47.4 Å². The highest BCUT2D eigenvalue weighted by Gasteiger charge is 2.32. The number of hydrogen-bond acceptors (Lipinski definition) is 6. The topological polar surface area (TPSA) is 70.6 Å². The van der Waals surface area contributed by atoms with Crippen molar-refractivity contribution in [3.8, 4) is 5.75 Å². The monoisotopic (exact) mass is 437 g/mol. The Kier molecular flexibility index (Phi) is 6.94. The minimum atomic E-state index is -0.210. The quantitative estimate of drug-likeness (QED) is 0.718. The zero-order valence-electron chi connectivity index (χ0n) is 19.7. The van der Waals surface area contributed by atoms with Gasteiger partial charge in [0.25, 0.3) is 0 Å². The van der Waals surface area contributed by atoms with E-state index in [4.69, 9.17) is 4.74 Å². The predicted molar refractivity (Wildman–Crippen MR) is 126 cm³/mol. The van der Waals surface area contributed by atoms with E-state index in [9.17, 15) is 4.79 Å². The van der Waals surface area contributed by atoms with Gasteiger partial charge in [-0.1, -0.05) is 32.9 Å². The molecule has 0 bridgehead atoms. The van der Waals surface area contributed by atoms with Gasteiger partial charge in [0.15, 0.2) is 0 Å². The summed E-state index contributed by atoms with van der Waals surface area (Å²) in [6.45, 7) is 10.1. The van der Waals surface area contributed by atoms with Crippen molar-refractivity contribution in [2.45, 2.75) is 51.5 Å². The van der Waals surface area contributed by atoms with Crippen LogP contribution < -0.4 is 15.0 Å². The second-order valence-corrected chi connectivity index (χ2v) is 9.20. The number of benzene rings is 1. The van der Waals surface area contributed by atoms with Crippen molar-refractivity contribution in [3.63, 3.8) is 0 Å². The summed E-state index contributed by atoms with van der Waals surface area (Å²) in [5.41, 5.74) is 3.53. The molecule has 1 N–H and O–H groups in total. The number of carbonyl (C=O) groups excluding carboxylic acids is 1. The van der Waals surface area contributed by atoms with Crippen LogP contribution in [0.15, 0.2) is 30.6 Å². The fourth-order valence-corrected chi connectivity index (χ4v) is 4.77. The standard InChI is InChI=1S/C25H35N5O2/c1-17(2)26-15-21(19-6-8-20(32-4)9-7-19)25(31)30-13-11-29(12-14-30)24-23-18(3)5-10-22(23)27-16-28-24/h6-9,16-18,21,26H,5,10-15H2,1-4H3/t18-,21?/m1/s1. The predicted octanol–water partition coefficient (Wildman–Crippen LogP) is 2.97. The average Bonchev–Trinajstić information content (AvgIpc) is 3.20. The Labute approximate surface area is 191 Å². The van der Waals surface area contributed by atoms with Crippen molar-refractivity contribution < 1.29 is 9.53 Å². The maximum absolute atomic E-state index is 13.6. The molecule has 1 fully saturated rings. The number of rotatable bonds is 7. The first kappa shape index (κ1) is 22.5. The van der Waals surface area contributed by atoms with E-state index in [1.165, 1.54) is 11.3 Å². The minimum absolute atomic E-state index is 0.184. The van der Waals surface area contributed by atoms with Gasteiger partial charge in [-0.05, 0) is 36.5 Å². The van der Waals surface area contributed by atoms with Gasteiger partial charge in [-0.2, -0.15) is 0 Å². The molecule has 0 spiro atoms. The molecule has 32 heavy (non-hydrogen) atoms. The first-order chi connectivity index (χ1) is 15.5. The number of aromatic nitrogens is 2. The van der Waals surface area contributed by atoms with Crippen LogP contribution in [0.2, 0.25) is 0 Å². The summed E-state index contributed by atoms with van der Waals surface area (Å²) in [7, 11) is 1.66. The van der Waals surface area contributed by atoms with Gasteiger partial charge in [-0.3, -0.25) is 4.79 Å². The minimum Gasteiger partial charge on any atom is -0.497 e. The zero-order chi connectivity index (χ0) is 22.7. The van der Waals surface area contributed by atoms with Crippen LogP contribution in [0.1, 0.15) is 55.8 Å². The second-order valence-electron chi connectivity index (χ2n) is 9.20. The molecule has 1 saturated heterocycles. The Morgan fingerprint density at radius 1 is 1.16 bits per heavy atom. The largest absolute Gasteiger partial charge is 0.497 e. The van der Waals surface area contributed by atoms with Crippen molar-refractivity contribution >= 4 is 11.7 Å². The summed E-state index contributed by atoms with van der Waals surface area (Å²) in [5, 5.41) is 3.45. The van der Waals surface area contributed by atoms with Crippen LogP contribution in [-0.4, -0.2) is 66.7 Å². The second kappa shape index (κ2) is 9.86. The lowest BCUT2D eigenvalue weighted by Gasteiger charge is -2.38. The molecule has 0 radical (unpaired) electrons. The average molecular weight is 438 g/mol. The molecule has 1 aliphatic heterocycles. The molecule has 7 nitrogen and oxygen atoms in total. The zero-order valence-corrected chi connectivity index (χ0v) is 19.7. The van der Waals surface area contributed by atoms with Gasteiger partial charge in [0.2, 0.25) is 5.91 Å². The lowest BCUT2D eigenvalue weighted by molar-refractivity contribution is -0.133. The fourth-order valence-electron chi connectivity index (χ4n) is 4.77. The Morgan fingerprint density at radius 2 is 1.88 bits per heavy atom. The van der Waals surface area contributed by atoms with Gasteiger partial charge in [0, 0.05) is 50.0 Å². The van der Waals surface area contributed by atoms with Crippen molar-refractivity contribution in [1.29, 1.82) is 0 Å². The molecule has 172 valence electrons. The lowest BCUT2D eigenvalue weighted by atomic mass is 9.96. The van der Waals surface area contributed by atoms with E-state index >= 15 is 0 Å². The molecule has 2 heterocycles. The summed E-state index contributed by atoms with van der Waals surface area (Å²) < 4.78 is 5.29. The van der Waals surface area contributed by atoms with Gasteiger partial charge in [-0.15, -0.1) is 0 Å². The molecule has 2 aliphatic rings. The molecule has 0 saturated carbocycles. The lowest BCUT2D eigenvalue weighted by Crippen LogP contribution is -2.51. The first-order valence-corrected chi connectivity index (χ1v) is 11.7. The van der Waals surface area contributed by atoms with Crippen LogP contribution in [0.3, 0.4) is 0 Å². The number of amides is 1. The molecular weight excluding hydrogens is 402 g/mol. The molecule has 1 aliphatic carbocycles. The number of aryl methyl sites for hydroxylation is 1. The van der Waals surface area contributed by atoms with E-state index < -0.39 is 0 Å². The SMILES string of the molecule is COc1ccc(C(CNC(C)C)C(=O)N2CCN(c3ncnc4c3[C@H](C)CC4)CC2)cc1. The highest BCUT2D eigenvalue weighted by Crippen LogP contribution is 2.37. The summed E-state index contributed by atoms with van der Waals surface area (Å²) >= 11 is 0. The van der Waals surface area contributed by atoms with Crippen LogP contribution >= 0.6 is 0 Å². The molecular formula is C25H35N5O2. The van der Waals surface area contributed by atoms with Gasteiger partial charge in [-0.25, -0.2) is 9.97 Å². The molecule has 1 aromatic carbocycles. The Balaban J connectivity index is 1.46. The summed E-state index contributed by atoms with van der Waals surface area (Å²) in [6, 6.07) is 8.19. The number of methoxy groups -OCH3 is 1. The molecule has 4 rings (SSSR count). The fraction of sp³-hybridized carbons (Fsp3) is 0.560. The molecule has 2 atom stereocenters. The number of anilines is 1. The third-order valence-electron chi connectivity index (χ3n) is 6.69. The van der Waals surface area contributed by atoms with Crippen LogP contribution in [0.5, 0.6) is 5.75 Å². The molecule has 2 aromatic rings. The third kappa shape index (κ3) is 4.72. The van der Waals surface area contributed by atoms with E-state index in [-0.39, 0.29) is 11.8 Å². The van der Waals surface area contributed by atoms with Crippen molar-refractivity contribution in [2.24, 2.45) is 0 Å². The van der Waals surface area contributed by atoms with Crippen LogP contribution in [-0.2, 0) is 11.2 Å². The maximum atomic E-state index is 13.6. The Bertz CT molecular complexity index is 922. The van der Waals surface area contributed by atoms with Crippen LogP contribution in [0.4, 0.5) is 5.82 Å². The highest BCUT2D eigenvalue weighted by atomic mass is 16.5. The van der Waals surface area contributed by atoms with Crippen molar-refractivity contribution in [2.75, 3.05) is 44.7 Å². The third-order valence-corrected chi connectivity index (χ3v) is 6.69. The van der Waals surface area contributed by atoms with E-state index in [0.29, 0.717) is 31.6 Å². The molecule has 1 aromatic heterocycles. The highest BCUT2D eigenvalue weighted by molar-refractivity contribution is 5.84. The summed E-state index contributed by atoms with van der Waals surface area (Å²) in [5.74, 6) is 2.35. The number of ether oxygens (including phenoxy) is 1. The molecule has 1 unspecified atom stereocenters. The van der Waals surface area contributed by atoms with E-state index in [2.05, 4.69) is 41.0 Å². The smallest absolute Gasteiger partial charge is 0.231 e. The summed E-state index contributed by atoms with van der Waals surface area (Å²) in [6.07, 6.45) is 3.88. The molecule has 1 amide bonds. The van der Waals surface area contributed by atoms with Gasteiger partial charge in [0.1, 0.15) is 17.9 Å². The molecule has 7 heteroatoms. The van der Waals surface area contributed by atoms with Crippen LogP contribution in [0.25, 0.3) is 0 Å². The Hall–Kier alpha value is -2.67. The number of piperazine rings is 1. The van der Waals surface area contributed by atoms with Gasteiger partial charge in [0.05, 0.1) is 13.0 Å². The van der Waals surface area contributed by atoms with E-state index in [1.807, 2.05) is 29.2 Å². The number of carbonyl (C=O) groups is 1. The number of hydrogen-bond donors (Lipinski definition) is 1. The number of nitrogens with one attached hydrogen (secondary N) is 1. The van der Waals surface area contributed by atoms with Crippen LogP contribution in [0, 0.1) is 0 Å². The van der Waals surface area contributed by atoms with Gasteiger partial charge >= 0.3 is 0 Å². The van der Waals surface area contributed by atoms with E-state index in [0.717, 1.165) is 43.1 Å². The van der Waals surface area contributed by atoms with Crippen molar-refractivity contribution in [1.82, 2.24) is 20.2 Å². The van der Waals surface area contributed by atoms with E-state index in [1.54, 1.807) is 13.4 Å². The Morgan fingerprint density at radius 3 is 2.53 bits per heavy atom. The maximum Gasteiger partial charge on any atom is 0.231 e. The normalized spacial score (nSPS) is 19.2. The number of nitrogens with zero attached hydrogens (tertiary/aromatic N) is 4. The van der Waals surface area contributed by atoms with Gasteiger partial charge < -0.3 is 19.9 Å².